The molecule has 4 aromatic rings. The average Bonchev–Trinajstić information content (AvgIpc) is 3.53. The Hall–Kier alpha value is -3.42. The van der Waals surface area contributed by atoms with Gasteiger partial charge < -0.3 is 19.7 Å². The fraction of sp³-hybridized carbons (Fsp3) is 0.323. The molecule has 2 fully saturated rings. The molecule has 5 heterocycles. The number of pyridine rings is 2. The van der Waals surface area contributed by atoms with Crippen molar-refractivity contribution in [3.8, 4) is 5.82 Å². The third-order valence-corrected chi connectivity index (χ3v) is 8.36. The predicted octanol–water partition coefficient (Wildman–Crippen LogP) is 6.89. The molecule has 0 aliphatic carbocycles. The highest BCUT2D eigenvalue weighted by Gasteiger charge is 2.42. The molecule has 6 rings (SSSR count). The number of rotatable bonds is 5. The Morgan fingerprint density at radius 3 is 2.49 bits per heavy atom. The molecule has 0 unspecified atom stereocenters. The molecule has 0 bridgehead atoms. The molecule has 0 spiro atoms. The number of nitrogens with one attached hydrogen (secondary N) is 1. The first-order chi connectivity index (χ1) is 18.9. The van der Waals surface area contributed by atoms with Gasteiger partial charge in [0, 0.05) is 43.1 Å². The third-order valence-electron chi connectivity index (χ3n) is 7.74. The van der Waals surface area contributed by atoms with Crippen LogP contribution in [0.25, 0.3) is 5.82 Å². The van der Waals surface area contributed by atoms with Crippen LogP contribution in [0.3, 0.4) is 0 Å². The number of thiocarbonyl (C=S) groups is 1. The van der Waals surface area contributed by atoms with E-state index in [4.69, 9.17) is 33.8 Å². The van der Waals surface area contributed by atoms with Crippen molar-refractivity contribution in [3.05, 3.63) is 101 Å². The normalized spacial score (nSPS) is 23.2. The van der Waals surface area contributed by atoms with Crippen molar-refractivity contribution in [3.63, 3.8) is 0 Å². The molecular formula is C31H33ClN6S. The van der Waals surface area contributed by atoms with Crippen molar-refractivity contribution in [2.75, 3.05) is 22.9 Å². The van der Waals surface area contributed by atoms with Crippen molar-refractivity contribution in [2.24, 2.45) is 11.8 Å². The van der Waals surface area contributed by atoms with Gasteiger partial charge in [0.15, 0.2) is 5.11 Å². The van der Waals surface area contributed by atoms with Crippen molar-refractivity contribution in [1.29, 1.82) is 0 Å². The Morgan fingerprint density at radius 2 is 1.79 bits per heavy atom. The Morgan fingerprint density at radius 1 is 0.974 bits per heavy atom. The summed E-state index contributed by atoms with van der Waals surface area (Å²) in [5.41, 5.74) is 5.15. The molecule has 2 aliphatic heterocycles. The first kappa shape index (κ1) is 25.8. The van der Waals surface area contributed by atoms with E-state index in [0.29, 0.717) is 16.9 Å². The summed E-state index contributed by atoms with van der Waals surface area (Å²) in [6.07, 6.45) is 7.03. The van der Waals surface area contributed by atoms with Crippen LogP contribution in [-0.2, 0) is 0 Å². The van der Waals surface area contributed by atoms with Crippen LogP contribution in [0.1, 0.15) is 49.3 Å². The second kappa shape index (κ2) is 10.6. The van der Waals surface area contributed by atoms with Crippen LogP contribution in [0.4, 0.5) is 11.4 Å². The van der Waals surface area contributed by atoms with Gasteiger partial charge in [-0.15, -0.1) is 0 Å². The lowest BCUT2D eigenvalue weighted by atomic mass is 9.91. The van der Waals surface area contributed by atoms with Crippen LogP contribution >= 0.6 is 23.8 Å². The quantitative estimate of drug-likeness (QED) is 0.270. The van der Waals surface area contributed by atoms with E-state index >= 15 is 0 Å². The number of aryl methyl sites for hydroxylation is 1. The summed E-state index contributed by atoms with van der Waals surface area (Å²) < 4.78 is 2.13. The summed E-state index contributed by atoms with van der Waals surface area (Å²) in [6, 6.07) is 20.3. The summed E-state index contributed by atoms with van der Waals surface area (Å²) in [6.45, 7) is 8.73. The smallest absolute Gasteiger partial charge is 0.174 e. The van der Waals surface area contributed by atoms with Crippen LogP contribution in [0.2, 0.25) is 5.02 Å². The van der Waals surface area contributed by atoms with E-state index in [1.54, 1.807) is 0 Å². The molecule has 4 atom stereocenters. The minimum absolute atomic E-state index is 0.153. The molecule has 8 heteroatoms. The van der Waals surface area contributed by atoms with Crippen LogP contribution in [0.5, 0.6) is 0 Å². The highest BCUT2D eigenvalue weighted by molar-refractivity contribution is 7.80. The molecule has 200 valence electrons. The van der Waals surface area contributed by atoms with Crippen LogP contribution in [0, 0.1) is 18.8 Å². The Balaban J connectivity index is 1.42. The van der Waals surface area contributed by atoms with Gasteiger partial charge in [-0.1, -0.05) is 37.6 Å². The molecule has 39 heavy (non-hydrogen) atoms. The summed E-state index contributed by atoms with van der Waals surface area (Å²) in [4.78, 5) is 14.0. The Kier molecular flexibility index (Phi) is 7.04. The van der Waals surface area contributed by atoms with Crippen molar-refractivity contribution in [1.82, 2.24) is 19.9 Å². The molecule has 1 N–H and O–H groups in total. The SMILES string of the molecule is Cc1ccc(-n2cccc2[C@@H]2[C@@H](c3ccccn3)NC(=S)N2c2ccc(N3C[C@H](C)C[C@H](C)C3)c(Cl)c2)nc1. The molecule has 3 aromatic heterocycles. The van der Waals surface area contributed by atoms with E-state index in [9.17, 15) is 0 Å². The summed E-state index contributed by atoms with van der Waals surface area (Å²) >= 11 is 13.0. The van der Waals surface area contributed by atoms with Gasteiger partial charge in [0.05, 0.1) is 22.4 Å². The Bertz CT molecular complexity index is 1460. The minimum Gasteiger partial charge on any atom is -0.370 e. The van der Waals surface area contributed by atoms with E-state index in [0.717, 1.165) is 52.3 Å². The van der Waals surface area contributed by atoms with Crippen LogP contribution in [0.15, 0.2) is 79.3 Å². The van der Waals surface area contributed by atoms with Gasteiger partial charge in [-0.2, -0.15) is 0 Å². The minimum atomic E-state index is -0.164. The highest BCUT2D eigenvalue weighted by Crippen LogP contribution is 2.44. The largest absolute Gasteiger partial charge is 0.370 e. The lowest BCUT2D eigenvalue weighted by Gasteiger charge is -2.37. The zero-order chi connectivity index (χ0) is 27.1. The van der Waals surface area contributed by atoms with Crippen LogP contribution in [-0.4, -0.2) is 32.7 Å². The molecule has 1 aromatic carbocycles. The first-order valence-corrected chi connectivity index (χ1v) is 14.3. The van der Waals surface area contributed by atoms with E-state index in [-0.39, 0.29) is 12.1 Å². The van der Waals surface area contributed by atoms with Crippen molar-refractivity contribution < 1.29 is 0 Å². The van der Waals surface area contributed by atoms with Crippen molar-refractivity contribution in [2.45, 2.75) is 39.3 Å². The van der Waals surface area contributed by atoms with Gasteiger partial charge in [0.2, 0.25) is 0 Å². The zero-order valence-electron chi connectivity index (χ0n) is 22.5. The fourth-order valence-electron chi connectivity index (χ4n) is 6.14. The number of piperidine rings is 1. The Labute approximate surface area is 240 Å². The zero-order valence-corrected chi connectivity index (χ0v) is 24.0. The van der Waals surface area contributed by atoms with Crippen LogP contribution < -0.4 is 15.1 Å². The lowest BCUT2D eigenvalue weighted by Crippen LogP contribution is -2.38. The number of nitrogens with zero attached hydrogens (tertiary/aromatic N) is 5. The molecule has 0 amide bonds. The second-order valence-electron chi connectivity index (χ2n) is 11.0. The molecule has 0 radical (unpaired) electrons. The number of anilines is 2. The third kappa shape index (κ3) is 5.01. The lowest BCUT2D eigenvalue weighted by molar-refractivity contribution is 0.357. The molecule has 6 nitrogen and oxygen atoms in total. The van der Waals surface area contributed by atoms with Crippen molar-refractivity contribution >= 4 is 40.3 Å². The van der Waals surface area contributed by atoms with Gasteiger partial charge in [-0.25, -0.2) is 4.98 Å². The molecular weight excluding hydrogens is 524 g/mol. The number of hydrogen-bond acceptors (Lipinski definition) is 4. The maximum absolute atomic E-state index is 6.99. The fourth-order valence-corrected chi connectivity index (χ4v) is 6.78. The number of halogens is 1. The topological polar surface area (TPSA) is 49.2 Å². The molecule has 0 saturated carbocycles. The summed E-state index contributed by atoms with van der Waals surface area (Å²) in [5, 5.41) is 4.95. The van der Waals surface area contributed by atoms with Gasteiger partial charge in [-0.3, -0.25) is 4.98 Å². The van der Waals surface area contributed by atoms with E-state index in [1.165, 1.54) is 6.42 Å². The monoisotopic (exact) mass is 556 g/mol. The predicted molar refractivity (Wildman–Crippen MR) is 163 cm³/mol. The van der Waals surface area contributed by atoms with E-state index in [1.807, 2.05) is 43.6 Å². The second-order valence-corrected chi connectivity index (χ2v) is 11.8. The summed E-state index contributed by atoms with van der Waals surface area (Å²) in [5.74, 6) is 2.15. The van der Waals surface area contributed by atoms with E-state index in [2.05, 4.69) is 76.1 Å². The van der Waals surface area contributed by atoms with Gasteiger partial charge in [0.1, 0.15) is 11.9 Å². The number of benzene rings is 1. The summed E-state index contributed by atoms with van der Waals surface area (Å²) in [7, 11) is 0. The number of aromatic nitrogens is 3. The maximum atomic E-state index is 6.99. The van der Waals surface area contributed by atoms with Gasteiger partial charge >= 0.3 is 0 Å². The molecule has 2 saturated heterocycles. The van der Waals surface area contributed by atoms with Gasteiger partial charge in [-0.05, 0) is 91.5 Å². The average molecular weight is 557 g/mol. The molecule has 2 aliphatic rings. The number of hydrogen-bond donors (Lipinski definition) is 1. The van der Waals surface area contributed by atoms with Gasteiger partial charge in [0.25, 0.3) is 0 Å². The highest BCUT2D eigenvalue weighted by atomic mass is 35.5. The first-order valence-electron chi connectivity index (χ1n) is 13.5. The van der Waals surface area contributed by atoms with E-state index < -0.39 is 0 Å². The standard InChI is InChI=1S/C31H33ClN6S/c1-20-9-12-28(34-17-20)37-14-6-8-27(37)30-29(25-7-4-5-13-33-25)35-31(39)38(30)23-10-11-26(24(32)16-23)36-18-21(2)15-22(3)19-36/h4-14,16-17,21-22,29-30H,15,18-19H2,1-3H3,(H,35,39)/t21-,22+,29-,30-/m1/s1. The maximum Gasteiger partial charge on any atom is 0.174 e.